The van der Waals surface area contributed by atoms with Crippen LogP contribution in [0.1, 0.15) is 31.4 Å². The van der Waals surface area contributed by atoms with E-state index in [9.17, 15) is 9.90 Å². The van der Waals surface area contributed by atoms with Gasteiger partial charge in [-0.05, 0) is 12.5 Å². The van der Waals surface area contributed by atoms with E-state index in [0.29, 0.717) is 17.2 Å². The zero-order valence-corrected chi connectivity index (χ0v) is 11.0. The average Bonchev–Trinajstić information content (AvgIpc) is 2.29. The van der Waals surface area contributed by atoms with E-state index in [4.69, 9.17) is 27.9 Å². The third-order valence-corrected chi connectivity index (χ3v) is 3.00. The van der Waals surface area contributed by atoms with Gasteiger partial charge in [0.25, 0.3) is 0 Å². The van der Waals surface area contributed by atoms with Crippen molar-refractivity contribution in [3.63, 3.8) is 0 Å². The Balaban J connectivity index is 2.66. The predicted molar refractivity (Wildman–Crippen MR) is 67.3 cm³/mol. The van der Waals surface area contributed by atoms with Crippen molar-refractivity contribution in [2.24, 2.45) is 0 Å². The van der Waals surface area contributed by atoms with Crippen LogP contribution >= 0.6 is 23.2 Å². The van der Waals surface area contributed by atoms with Crippen LogP contribution in [0.15, 0.2) is 18.2 Å². The molecule has 0 amide bonds. The van der Waals surface area contributed by atoms with E-state index in [1.54, 1.807) is 18.2 Å². The van der Waals surface area contributed by atoms with E-state index in [1.165, 1.54) is 0 Å². The Kier molecular flexibility index (Phi) is 5.75. The Hall–Kier alpha value is -0.770. The van der Waals surface area contributed by atoms with Crippen molar-refractivity contribution in [1.82, 2.24) is 0 Å². The second-order valence-corrected chi connectivity index (χ2v) is 4.37. The van der Waals surface area contributed by atoms with E-state index in [1.807, 2.05) is 6.92 Å². The number of benzene rings is 1. The summed E-state index contributed by atoms with van der Waals surface area (Å²) in [5.41, 5.74) is 0.438. The first-order valence-corrected chi connectivity index (χ1v) is 6.09. The molecule has 0 aliphatic carbocycles. The molecule has 0 aliphatic heterocycles. The maximum absolute atomic E-state index is 11.3. The van der Waals surface area contributed by atoms with E-state index in [-0.39, 0.29) is 11.4 Å². The molecule has 0 saturated heterocycles. The van der Waals surface area contributed by atoms with Crippen molar-refractivity contribution in [3.8, 4) is 0 Å². The molecule has 17 heavy (non-hydrogen) atoms. The van der Waals surface area contributed by atoms with Gasteiger partial charge < -0.3 is 9.84 Å². The standard InChI is InChI=1S/C12H14Cl2O3/c1-2-6-17-11(16)7-10(15)8-4-3-5-9(13)12(8)14/h3-5,10,15H,2,6-7H2,1H3. The Morgan fingerprint density at radius 1 is 1.47 bits per heavy atom. The summed E-state index contributed by atoms with van der Waals surface area (Å²) in [7, 11) is 0. The normalized spacial score (nSPS) is 12.2. The highest BCUT2D eigenvalue weighted by molar-refractivity contribution is 6.42. The van der Waals surface area contributed by atoms with Gasteiger partial charge in [-0.2, -0.15) is 0 Å². The molecule has 1 aromatic rings. The molecule has 3 nitrogen and oxygen atoms in total. The van der Waals surface area contributed by atoms with Crippen LogP contribution in [0.25, 0.3) is 0 Å². The summed E-state index contributed by atoms with van der Waals surface area (Å²) in [5, 5.41) is 10.5. The average molecular weight is 277 g/mol. The molecule has 5 heteroatoms. The van der Waals surface area contributed by atoms with E-state index >= 15 is 0 Å². The van der Waals surface area contributed by atoms with Crippen molar-refractivity contribution < 1.29 is 14.6 Å². The zero-order chi connectivity index (χ0) is 12.8. The highest BCUT2D eigenvalue weighted by atomic mass is 35.5. The molecule has 0 saturated carbocycles. The molecule has 1 aromatic carbocycles. The zero-order valence-electron chi connectivity index (χ0n) is 9.45. The van der Waals surface area contributed by atoms with E-state index < -0.39 is 12.1 Å². The molecule has 1 N–H and O–H groups in total. The Bertz CT molecular complexity index is 393. The number of hydrogen-bond acceptors (Lipinski definition) is 3. The number of esters is 1. The first-order valence-electron chi connectivity index (χ1n) is 5.33. The van der Waals surface area contributed by atoms with Crippen LogP contribution in [0.4, 0.5) is 0 Å². The molecule has 0 spiro atoms. The molecular formula is C12H14Cl2O3. The molecule has 1 atom stereocenters. The lowest BCUT2D eigenvalue weighted by Crippen LogP contribution is -2.11. The monoisotopic (exact) mass is 276 g/mol. The molecule has 0 heterocycles. The lowest BCUT2D eigenvalue weighted by Gasteiger charge is -2.12. The summed E-state index contributed by atoms with van der Waals surface area (Å²) >= 11 is 11.8. The number of carbonyl (C=O) groups excluding carboxylic acids is 1. The largest absolute Gasteiger partial charge is 0.466 e. The smallest absolute Gasteiger partial charge is 0.308 e. The minimum absolute atomic E-state index is 0.125. The summed E-state index contributed by atoms with van der Waals surface area (Å²) in [4.78, 5) is 11.3. The minimum atomic E-state index is -0.995. The van der Waals surface area contributed by atoms with Gasteiger partial charge in [-0.15, -0.1) is 0 Å². The Morgan fingerprint density at radius 3 is 2.82 bits per heavy atom. The fourth-order valence-corrected chi connectivity index (χ4v) is 1.75. The molecule has 0 aromatic heterocycles. The third kappa shape index (κ3) is 4.19. The highest BCUT2D eigenvalue weighted by Crippen LogP contribution is 2.31. The fraction of sp³-hybridized carbons (Fsp3) is 0.417. The number of ether oxygens (including phenoxy) is 1. The summed E-state index contributed by atoms with van der Waals surface area (Å²) in [6.45, 7) is 2.26. The van der Waals surface area contributed by atoms with Crippen molar-refractivity contribution >= 4 is 29.2 Å². The van der Waals surface area contributed by atoms with Crippen molar-refractivity contribution in [1.29, 1.82) is 0 Å². The van der Waals surface area contributed by atoms with Gasteiger partial charge in [0.2, 0.25) is 0 Å². The molecule has 94 valence electrons. The minimum Gasteiger partial charge on any atom is -0.466 e. The van der Waals surface area contributed by atoms with Gasteiger partial charge in [-0.1, -0.05) is 42.3 Å². The summed E-state index contributed by atoms with van der Waals surface area (Å²) in [6, 6.07) is 4.92. The number of rotatable bonds is 5. The summed E-state index contributed by atoms with van der Waals surface area (Å²) < 4.78 is 4.88. The van der Waals surface area contributed by atoms with Gasteiger partial charge in [0.15, 0.2) is 0 Å². The van der Waals surface area contributed by atoms with Gasteiger partial charge >= 0.3 is 5.97 Å². The Labute approximate surface area is 110 Å². The first-order chi connectivity index (χ1) is 8.06. The SMILES string of the molecule is CCCOC(=O)CC(O)c1cccc(Cl)c1Cl. The lowest BCUT2D eigenvalue weighted by atomic mass is 10.1. The van der Waals surface area contributed by atoms with Crippen LogP contribution in [0.3, 0.4) is 0 Å². The second-order valence-electron chi connectivity index (χ2n) is 3.58. The number of hydrogen-bond donors (Lipinski definition) is 1. The van der Waals surface area contributed by atoms with Gasteiger partial charge in [0.1, 0.15) is 0 Å². The van der Waals surface area contributed by atoms with Crippen LogP contribution < -0.4 is 0 Å². The van der Waals surface area contributed by atoms with Crippen LogP contribution in [0.5, 0.6) is 0 Å². The topological polar surface area (TPSA) is 46.5 Å². The van der Waals surface area contributed by atoms with Crippen molar-refractivity contribution in [2.45, 2.75) is 25.9 Å². The first kappa shape index (κ1) is 14.3. The number of aliphatic hydroxyl groups excluding tert-OH is 1. The number of aliphatic hydroxyl groups is 1. The molecule has 1 unspecified atom stereocenters. The maximum Gasteiger partial charge on any atom is 0.308 e. The fourth-order valence-electron chi connectivity index (χ4n) is 1.32. The van der Waals surface area contributed by atoms with Crippen molar-refractivity contribution in [2.75, 3.05) is 6.61 Å². The van der Waals surface area contributed by atoms with Crippen LogP contribution in [-0.2, 0) is 9.53 Å². The summed E-state index contributed by atoms with van der Waals surface area (Å²) in [5.74, 6) is -0.449. The molecule has 0 bridgehead atoms. The second kappa shape index (κ2) is 6.84. The van der Waals surface area contributed by atoms with Gasteiger partial charge in [0.05, 0.1) is 29.2 Å². The molecule has 0 aliphatic rings. The van der Waals surface area contributed by atoms with Gasteiger partial charge in [-0.3, -0.25) is 4.79 Å². The predicted octanol–water partition coefficient (Wildman–Crippen LogP) is 3.37. The highest BCUT2D eigenvalue weighted by Gasteiger charge is 2.17. The number of halogens is 2. The Morgan fingerprint density at radius 2 is 2.18 bits per heavy atom. The van der Waals surface area contributed by atoms with E-state index in [2.05, 4.69) is 0 Å². The lowest BCUT2D eigenvalue weighted by molar-refractivity contribution is -0.146. The number of carbonyl (C=O) groups is 1. The molecule has 0 fully saturated rings. The van der Waals surface area contributed by atoms with Crippen LogP contribution in [-0.4, -0.2) is 17.7 Å². The summed E-state index contributed by atoms with van der Waals surface area (Å²) in [6.07, 6.45) is -0.370. The molecular weight excluding hydrogens is 263 g/mol. The quantitative estimate of drug-likeness (QED) is 0.839. The third-order valence-electron chi connectivity index (χ3n) is 2.17. The van der Waals surface area contributed by atoms with E-state index in [0.717, 1.165) is 6.42 Å². The molecule has 1 rings (SSSR count). The van der Waals surface area contributed by atoms with Gasteiger partial charge in [-0.25, -0.2) is 0 Å². The maximum atomic E-state index is 11.3. The van der Waals surface area contributed by atoms with Crippen LogP contribution in [0.2, 0.25) is 10.0 Å². The van der Waals surface area contributed by atoms with Gasteiger partial charge in [0, 0.05) is 5.56 Å². The van der Waals surface area contributed by atoms with Crippen LogP contribution in [0, 0.1) is 0 Å². The molecule has 0 radical (unpaired) electrons. The van der Waals surface area contributed by atoms with Crippen molar-refractivity contribution in [3.05, 3.63) is 33.8 Å².